The Labute approximate surface area is 207 Å². The predicted molar refractivity (Wildman–Crippen MR) is 136 cm³/mol. The van der Waals surface area contributed by atoms with Gasteiger partial charge in [0.05, 0.1) is 42.7 Å². The van der Waals surface area contributed by atoms with Crippen molar-refractivity contribution in [1.82, 2.24) is 4.57 Å². The molecular formula is C27H28N2O5S. The molecule has 182 valence electrons. The van der Waals surface area contributed by atoms with Gasteiger partial charge in [-0.05, 0) is 42.2 Å². The molecule has 0 saturated heterocycles. The molecule has 0 bridgehead atoms. The van der Waals surface area contributed by atoms with E-state index in [9.17, 15) is 9.59 Å². The molecular weight excluding hydrogens is 464 g/mol. The van der Waals surface area contributed by atoms with Crippen LogP contribution >= 0.6 is 11.3 Å². The van der Waals surface area contributed by atoms with Crippen LogP contribution in [-0.4, -0.2) is 31.4 Å². The fourth-order valence-corrected chi connectivity index (χ4v) is 5.09. The number of esters is 1. The minimum absolute atomic E-state index is 0.218. The number of allylic oxidation sites excluding steroid dienone is 1. The zero-order valence-electron chi connectivity index (χ0n) is 20.2. The molecule has 4 rings (SSSR count). The van der Waals surface area contributed by atoms with Crippen molar-refractivity contribution in [3.63, 3.8) is 0 Å². The van der Waals surface area contributed by atoms with Crippen LogP contribution in [0.5, 0.6) is 11.5 Å². The normalized spacial score (nSPS) is 15.4. The molecule has 0 aliphatic carbocycles. The minimum Gasteiger partial charge on any atom is -0.493 e. The van der Waals surface area contributed by atoms with Crippen molar-refractivity contribution < 1.29 is 19.0 Å². The van der Waals surface area contributed by atoms with Crippen LogP contribution < -0.4 is 24.4 Å². The number of nitrogens with zero attached hydrogens (tertiary/aromatic N) is 2. The molecule has 2 aromatic carbocycles. The second kappa shape index (κ2) is 10.7. The van der Waals surface area contributed by atoms with E-state index < -0.39 is 12.0 Å². The van der Waals surface area contributed by atoms with E-state index in [4.69, 9.17) is 19.2 Å². The maximum atomic E-state index is 13.7. The van der Waals surface area contributed by atoms with Crippen LogP contribution in [0, 0.1) is 0 Å². The molecule has 0 N–H and O–H groups in total. The Balaban J connectivity index is 1.89. The van der Waals surface area contributed by atoms with Gasteiger partial charge in [-0.3, -0.25) is 9.36 Å². The molecule has 8 heteroatoms. The van der Waals surface area contributed by atoms with Gasteiger partial charge >= 0.3 is 5.97 Å². The molecule has 0 fully saturated rings. The fourth-order valence-electron chi connectivity index (χ4n) is 4.07. The van der Waals surface area contributed by atoms with Gasteiger partial charge in [0.2, 0.25) is 0 Å². The summed E-state index contributed by atoms with van der Waals surface area (Å²) in [7, 11) is 2.93. The van der Waals surface area contributed by atoms with Crippen molar-refractivity contribution in [2.45, 2.75) is 32.7 Å². The number of ether oxygens (including phenoxy) is 3. The van der Waals surface area contributed by atoms with E-state index in [0.717, 1.165) is 17.5 Å². The Hall–Kier alpha value is -3.65. The molecule has 1 aliphatic heterocycles. The number of methoxy groups -OCH3 is 2. The molecule has 1 atom stereocenters. The van der Waals surface area contributed by atoms with Crippen LogP contribution in [0.1, 0.15) is 43.9 Å². The lowest BCUT2D eigenvalue weighted by atomic mass is 9.95. The lowest BCUT2D eigenvalue weighted by molar-refractivity contribution is -0.136. The van der Waals surface area contributed by atoms with Crippen LogP contribution in [0.15, 0.2) is 69.6 Å². The summed E-state index contributed by atoms with van der Waals surface area (Å²) in [5.74, 6) is 0.775. The SMILES string of the molecule is CCCOc1ccc(/C=c2\sc3n(c2=O)[C@@H](c2ccccc2)C(C(=O)OC)=C(CC)N=3)cc1OC. The van der Waals surface area contributed by atoms with Gasteiger partial charge in [0, 0.05) is 0 Å². The molecule has 0 amide bonds. The molecule has 0 radical (unpaired) electrons. The zero-order chi connectivity index (χ0) is 24.9. The highest BCUT2D eigenvalue weighted by Gasteiger charge is 2.33. The second-order valence-electron chi connectivity index (χ2n) is 7.96. The number of carbonyl (C=O) groups is 1. The number of hydrogen-bond donors (Lipinski definition) is 0. The molecule has 0 saturated carbocycles. The molecule has 1 aromatic heterocycles. The first-order valence-electron chi connectivity index (χ1n) is 11.5. The molecule has 2 heterocycles. The predicted octanol–water partition coefficient (Wildman–Crippen LogP) is 3.60. The summed E-state index contributed by atoms with van der Waals surface area (Å²) >= 11 is 1.30. The van der Waals surface area contributed by atoms with Gasteiger partial charge in [0.25, 0.3) is 5.56 Å². The number of hydrogen-bond acceptors (Lipinski definition) is 7. The van der Waals surface area contributed by atoms with Gasteiger partial charge < -0.3 is 14.2 Å². The average Bonchev–Trinajstić information content (AvgIpc) is 3.20. The highest BCUT2D eigenvalue weighted by atomic mass is 32.1. The Morgan fingerprint density at radius 2 is 1.89 bits per heavy atom. The number of thiazole rings is 1. The lowest BCUT2D eigenvalue weighted by Crippen LogP contribution is -2.40. The highest BCUT2D eigenvalue weighted by Crippen LogP contribution is 2.32. The van der Waals surface area contributed by atoms with Crippen molar-refractivity contribution in [2.75, 3.05) is 20.8 Å². The summed E-state index contributed by atoms with van der Waals surface area (Å²) < 4.78 is 18.4. The lowest BCUT2D eigenvalue weighted by Gasteiger charge is -2.25. The van der Waals surface area contributed by atoms with Crippen LogP contribution in [0.2, 0.25) is 0 Å². The van der Waals surface area contributed by atoms with Gasteiger partial charge in [-0.1, -0.05) is 61.6 Å². The summed E-state index contributed by atoms with van der Waals surface area (Å²) in [5.41, 5.74) is 2.41. The summed E-state index contributed by atoms with van der Waals surface area (Å²) in [5, 5.41) is 0. The van der Waals surface area contributed by atoms with E-state index in [-0.39, 0.29) is 5.56 Å². The molecule has 35 heavy (non-hydrogen) atoms. The van der Waals surface area contributed by atoms with Gasteiger partial charge in [0.15, 0.2) is 16.3 Å². The van der Waals surface area contributed by atoms with E-state index in [2.05, 4.69) is 0 Å². The van der Waals surface area contributed by atoms with Gasteiger partial charge in [-0.25, -0.2) is 9.79 Å². The Morgan fingerprint density at radius 1 is 1.11 bits per heavy atom. The molecule has 0 unspecified atom stereocenters. The third-order valence-corrected chi connectivity index (χ3v) is 6.70. The molecule has 3 aromatic rings. The average molecular weight is 493 g/mol. The smallest absolute Gasteiger partial charge is 0.338 e. The van der Waals surface area contributed by atoms with Gasteiger partial charge in [-0.15, -0.1) is 0 Å². The van der Waals surface area contributed by atoms with Gasteiger partial charge in [0.1, 0.15) is 0 Å². The first-order valence-corrected chi connectivity index (χ1v) is 12.3. The van der Waals surface area contributed by atoms with E-state index in [0.29, 0.717) is 45.1 Å². The number of carbonyl (C=O) groups excluding carboxylic acids is 1. The topological polar surface area (TPSA) is 79.1 Å². The highest BCUT2D eigenvalue weighted by molar-refractivity contribution is 7.07. The summed E-state index contributed by atoms with van der Waals surface area (Å²) in [4.78, 5) is 31.7. The molecule has 0 spiro atoms. The van der Waals surface area contributed by atoms with E-state index >= 15 is 0 Å². The van der Waals surface area contributed by atoms with Crippen LogP contribution in [0.3, 0.4) is 0 Å². The third-order valence-electron chi connectivity index (χ3n) is 5.71. The molecule has 7 nitrogen and oxygen atoms in total. The monoisotopic (exact) mass is 492 g/mol. The summed E-state index contributed by atoms with van der Waals surface area (Å²) in [6.45, 7) is 4.57. The van der Waals surface area contributed by atoms with Crippen molar-refractivity contribution >= 4 is 23.4 Å². The Bertz CT molecular complexity index is 1440. The summed E-state index contributed by atoms with van der Waals surface area (Å²) in [6, 6.07) is 14.4. The standard InChI is InChI=1S/C27H28N2O5S/c1-5-14-34-20-13-12-17(15-21(20)32-3)16-22-25(30)29-24(18-10-8-7-9-11-18)23(26(31)33-4)19(6-2)28-27(29)35-22/h7-13,15-16,24H,5-6,14H2,1-4H3/b22-16-/t24-/m0/s1. The van der Waals surface area contributed by atoms with Gasteiger partial charge in [-0.2, -0.15) is 0 Å². The third kappa shape index (κ3) is 4.79. The zero-order valence-corrected chi connectivity index (χ0v) is 21.1. The minimum atomic E-state index is -0.614. The first kappa shape index (κ1) is 24.5. The van der Waals surface area contributed by atoms with Crippen molar-refractivity contribution in [1.29, 1.82) is 0 Å². The van der Waals surface area contributed by atoms with E-state index in [1.165, 1.54) is 18.4 Å². The Kier molecular flexibility index (Phi) is 7.51. The molecule has 1 aliphatic rings. The maximum Gasteiger partial charge on any atom is 0.338 e. The summed E-state index contributed by atoms with van der Waals surface area (Å²) in [6.07, 6.45) is 3.24. The fraction of sp³-hybridized carbons (Fsp3) is 0.296. The van der Waals surface area contributed by atoms with Crippen LogP contribution in [0.25, 0.3) is 6.08 Å². The Morgan fingerprint density at radius 3 is 2.54 bits per heavy atom. The quantitative estimate of drug-likeness (QED) is 0.449. The van der Waals surface area contributed by atoms with Crippen LogP contribution in [0.4, 0.5) is 0 Å². The first-order chi connectivity index (χ1) is 17.0. The second-order valence-corrected chi connectivity index (χ2v) is 8.97. The number of rotatable bonds is 8. The van der Waals surface area contributed by atoms with Crippen LogP contribution in [-0.2, 0) is 9.53 Å². The number of benzene rings is 2. The van der Waals surface area contributed by atoms with E-state index in [1.54, 1.807) is 11.7 Å². The largest absolute Gasteiger partial charge is 0.493 e. The van der Waals surface area contributed by atoms with E-state index in [1.807, 2.05) is 68.5 Å². The maximum absolute atomic E-state index is 13.7. The van der Waals surface area contributed by atoms with Crippen molar-refractivity contribution in [3.05, 3.63) is 90.6 Å². The number of aromatic nitrogens is 1. The number of fused-ring (bicyclic) bond motifs is 1. The van der Waals surface area contributed by atoms with Crippen molar-refractivity contribution in [2.24, 2.45) is 4.99 Å². The van der Waals surface area contributed by atoms with Crippen molar-refractivity contribution in [3.8, 4) is 11.5 Å².